The van der Waals surface area contributed by atoms with Gasteiger partial charge < -0.3 is 15.5 Å². The molecule has 1 unspecified atom stereocenters. The standard InChI is InChI=1S/C20H30N4O.HI/c1-21-20(22-13-11-16-7-3-2-4-8-16)23-18-12-14-24(15-18)19(25)17-9-5-6-10-17;/h2-4,7-8,17-18H,5-6,9-15H2,1H3,(H2,21,22,23);1H. The molecule has 1 aromatic rings. The molecule has 2 N–H and O–H groups in total. The van der Waals surface area contributed by atoms with Crippen LogP contribution in [0.2, 0.25) is 0 Å². The number of amides is 1. The Morgan fingerprint density at radius 3 is 2.62 bits per heavy atom. The molecule has 0 aromatic heterocycles. The summed E-state index contributed by atoms with van der Waals surface area (Å²) in [7, 11) is 1.80. The van der Waals surface area contributed by atoms with E-state index in [0.717, 1.165) is 51.3 Å². The van der Waals surface area contributed by atoms with Gasteiger partial charge in [0, 0.05) is 38.6 Å². The summed E-state index contributed by atoms with van der Waals surface area (Å²) in [5.74, 6) is 1.48. The van der Waals surface area contributed by atoms with Crippen molar-refractivity contribution in [2.24, 2.45) is 10.9 Å². The van der Waals surface area contributed by atoms with Crippen LogP contribution in [-0.4, -0.2) is 49.5 Å². The SMILES string of the molecule is CN=C(NCCc1ccccc1)NC1CCN(C(=O)C2CCCC2)C1.I. The third-order valence-corrected chi connectivity index (χ3v) is 5.32. The molecule has 0 radical (unpaired) electrons. The molecule has 1 aliphatic heterocycles. The minimum absolute atomic E-state index is 0. The molecule has 2 fully saturated rings. The summed E-state index contributed by atoms with van der Waals surface area (Å²) >= 11 is 0. The summed E-state index contributed by atoms with van der Waals surface area (Å²) in [6.45, 7) is 2.52. The van der Waals surface area contributed by atoms with Crippen molar-refractivity contribution in [2.75, 3.05) is 26.7 Å². The Hall–Kier alpha value is -1.31. The minimum atomic E-state index is 0. The van der Waals surface area contributed by atoms with Gasteiger partial charge in [-0.25, -0.2) is 0 Å². The summed E-state index contributed by atoms with van der Waals surface area (Å²) in [5.41, 5.74) is 1.32. The number of likely N-dealkylation sites (tertiary alicyclic amines) is 1. The largest absolute Gasteiger partial charge is 0.356 e. The predicted molar refractivity (Wildman–Crippen MR) is 117 cm³/mol. The summed E-state index contributed by atoms with van der Waals surface area (Å²) in [4.78, 5) is 18.9. The van der Waals surface area contributed by atoms with E-state index in [1.807, 2.05) is 11.0 Å². The zero-order valence-electron chi connectivity index (χ0n) is 15.6. The fourth-order valence-electron chi connectivity index (χ4n) is 3.87. The molecule has 1 amide bonds. The first kappa shape index (κ1) is 21.0. The molecule has 1 heterocycles. The van der Waals surface area contributed by atoms with Gasteiger partial charge in [-0.15, -0.1) is 24.0 Å². The summed E-state index contributed by atoms with van der Waals surface area (Å²) in [6, 6.07) is 10.8. The third-order valence-electron chi connectivity index (χ3n) is 5.32. The van der Waals surface area contributed by atoms with E-state index >= 15 is 0 Å². The monoisotopic (exact) mass is 470 g/mol. The Morgan fingerprint density at radius 1 is 1.19 bits per heavy atom. The van der Waals surface area contributed by atoms with Crippen LogP contribution < -0.4 is 10.6 Å². The van der Waals surface area contributed by atoms with Gasteiger partial charge >= 0.3 is 0 Å². The Balaban J connectivity index is 0.00000243. The Morgan fingerprint density at radius 2 is 1.92 bits per heavy atom. The molecule has 144 valence electrons. The van der Waals surface area contributed by atoms with E-state index in [-0.39, 0.29) is 29.9 Å². The molecule has 1 saturated heterocycles. The van der Waals surface area contributed by atoms with Crippen LogP contribution in [0.1, 0.15) is 37.7 Å². The van der Waals surface area contributed by atoms with Gasteiger partial charge in [-0.05, 0) is 31.2 Å². The van der Waals surface area contributed by atoms with Crippen molar-refractivity contribution >= 4 is 35.8 Å². The van der Waals surface area contributed by atoms with E-state index in [1.165, 1.54) is 18.4 Å². The van der Waals surface area contributed by atoms with Crippen LogP contribution in [0.4, 0.5) is 0 Å². The Bertz CT molecular complexity index is 587. The van der Waals surface area contributed by atoms with Gasteiger partial charge in [0.2, 0.25) is 5.91 Å². The number of halogens is 1. The topological polar surface area (TPSA) is 56.7 Å². The van der Waals surface area contributed by atoms with E-state index in [2.05, 4.69) is 39.9 Å². The van der Waals surface area contributed by atoms with Crippen molar-refractivity contribution in [3.05, 3.63) is 35.9 Å². The zero-order valence-corrected chi connectivity index (χ0v) is 17.9. The van der Waals surface area contributed by atoms with Gasteiger partial charge in [-0.1, -0.05) is 43.2 Å². The highest BCUT2D eigenvalue weighted by Gasteiger charge is 2.32. The number of carbonyl (C=O) groups excluding carboxylic acids is 1. The van der Waals surface area contributed by atoms with Gasteiger partial charge in [0.15, 0.2) is 5.96 Å². The minimum Gasteiger partial charge on any atom is -0.356 e. The van der Waals surface area contributed by atoms with Crippen LogP contribution >= 0.6 is 24.0 Å². The second-order valence-corrected chi connectivity index (χ2v) is 7.13. The normalized spacial score (nSPS) is 20.7. The summed E-state index contributed by atoms with van der Waals surface area (Å²) in [5, 5.41) is 6.85. The molecule has 2 aliphatic rings. The smallest absolute Gasteiger partial charge is 0.225 e. The highest BCUT2D eigenvalue weighted by molar-refractivity contribution is 14.0. The number of aliphatic imine (C=N–C) groups is 1. The van der Waals surface area contributed by atoms with Crippen molar-refractivity contribution in [3.63, 3.8) is 0 Å². The van der Waals surface area contributed by atoms with E-state index in [4.69, 9.17) is 0 Å². The molecular formula is C20H31IN4O. The van der Waals surface area contributed by atoms with E-state index in [9.17, 15) is 4.79 Å². The summed E-state index contributed by atoms with van der Waals surface area (Å²) in [6.07, 6.45) is 6.55. The van der Waals surface area contributed by atoms with Gasteiger partial charge in [0.25, 0.3) is 0 Å². The van der Waals surface area contributed by atoms with Gasteiger partial charge in [0.05, 0.1) is 0 Å². The van der Waals surface area contributed by atoms with Crippen molar-refractivity contribution in [1.29, 1.82) is 0 Å². The molecule has 1 aliphatic carbocycles. The van der Waals surface area contributed by atoms with Crippen LogP contribution in [0.5, 0.6) is 0 Å². The molecule has 1 aromatic carbocycles. The van der Waals surface area contributed by atoms with E-state index in [0.29, 0.717) is 11.9 Å². The number of carbonyl (C=O) groups is 1. The molecule has 0 spiro atoms. The van der Waals surface area contributed by atoms with Crippen LogP contribution in [-0.2, 0) is 11.2 Å². The second-order valence-electron chi connectivity index (χ2n) is 7.13. The third kappa shape index (κ3) is 5.86. The lowest BCUT2D eigenvalue weighted by atomic mass is 10.1. The molecule has 3 rings (SSSR count). The van der Waals surface area contributed by atoms with Gasteiger partial charge in [0.1, 0.15) is 0 Å². The lowest BCUT2D eigenvalue weighted by Gasteiger charge is -2.21. The van der Waals surface area contributed by atoms with E-state index < -0.39 is 0 Å². The first-order chi connectivity index (χ1) is 12.3. The average molecular weight is 470 g/mol. The fourth-order valence-corrected chi connectivity index (χ4v) is 3.87. The highest BCUT2D eigenvalue weighted by atomic mass is 127. The van der Waals surface area contributed by atoms with E-state index in [1.54, 1.807) is 7.05 Å². The van der Waals surface area contributed by atoms with Crippen molar-refractivity contribution in [3.8, 4) is 0 Å². The maximum atomic E-state index is 12.5. The van der Waals surface area contributed by atoms with Crippen LogP contribution in [0.3, 0.4) is 0 Å². The van der Waals surface area contributed by atoms with Crippen LogP contribution in [0.15, 0.2) is 35.3 Å². The number of hydrogen-bond donors (Lipinski definition) is 2. The molecule has 0 bridgehead atoms. The average Bonchev–Trinajstić information content (AvgIpc) is 3.33. The predicted octanol–water partition coefficient (Wildman–Crippen LogP) is 2.80. The lowest BCUT2D eigenvalue weighted by molar-refractivity contribution is -0.134. The first-order valence-corrected chi connectivity index (χ1v) is 9.56. The number of hydrogen-bond acceptors (Lipinski definition) is 2. The Kier molecular flexibility index (Phi) is 8.68. The summed E-state index contributed by atoms with van der Waals surface area (Å²) < 4.78 is 0. The maximum Gasteiger partial charge on any atom is 0.225 e. The highest BCUT2D eigenvalue weighted by Crippen LogP contribution is 2.27. The molecule has 1 saturated carbocycles. The van der Waals surface area contributed by atoms with Crippen LogP contribution in [0, 0.1) is 5.92 Å². The zero-order chi connectivity index (χ0) is 17.5. The number of nitrogens with zero attached hydrogens (tertiary/aromatic N) is 2. The number of rotatable bonds is 5. The number of guanidine groups is 1. The molecule has 1 atom stereocenters. The number of benzene rings is 1. The number of nitrogens with one attached hydrogen (secondary N) is 2. The van der Waals surface area contributed by atoms with Crippen molar-refractivity contribution in [2.45, 2.75) is 44.6 Å². The molecule has 6 heteroatoms. The second kappa shape index (κ2) is 10.7. The quantitative estimate of drug-likeness (QED) is 0.396. The van der Waals surface area contributed by atoms with Gasteiger partial charge in [-0.2, -0.15) is 0 Å². The molecule has 5 nitrogen and oxygen atoms in total. The van der Waals surface area contributed by atoms with Crippen molar-refractivity contribution in [1.82, 2.24) is 15.5 Å². The fraction of sp³-hybridized carbons (Fsp3) is 0.600. The molecular weight excluding hydrogens is 439 g/mol. The first-order valence-electron chi connectivity index (χ1n) is 9.56. The van der Waals surface area contributed by atoms with Gasteiger partial charge in [-0.3, -0.25) is 9.79 Å². The lowest BCUT2D eigenvalue weighted by Crippen LogP contribution is -2.45. The van der Waals surface area contributed by atoms with Crippen molar-refractivity contribution < 1.29 is 4.79 Å². The Labute approximate surface area is 174 Å². The molecule has 26 heavy (non-hydrogen) atoms. The van der Waals surface area contributed by atoms with Crippen LogP contribution in [0.25, 0.3) is 0 Å². The maximum absolute atomic E-state index is 12.5.